The number of aryl methyl sites for hydroxylation is 1. The summed E-state index contributed by atoms with van der Waals surface area (Å²) in [4.78, 5) is 18.5. The van der Waals surface area contributed by atoms with Crippen LogP contribution in [0.2, 0.25) is 0 Å². The molecular weight excluding hydrogens is 341 g/mol. The second-order valence-electron chi connectivity index (χ2n) is 6.29. The van der Waals surface area contributed by atoms with Gasteiger partial charge in [0.1, 0.15) is 11.6 Å². The van der Waals surface area contributed by atoms with Gasteiger partial charge in [-0.15, -0.1) is 11.3 Å². The molecule has 1 aromatic heterocycles. The predicted octanol–water partition coefficient (Wildman–Crippen LogP) is 3.11. The lowest BCUT2D eigenvalue weighted by atomic mass is 9.98. The van der Waals surface area contributed by atoms with Crippen molar-refractivity contribution in [1.29, 1.82) is 0 Å². The Morgan fingerprint density at radius 2 is 2.20 bits per heavy atom. The first-order chi connectivity index (χ1) is 12.1. The minimum atomic E-state index is -0.274. The molecule has 134 valence electrons. The van der Waals surface area contributed by atoms with Crippen LogP contribution in [-0.4, -0.2) is 35.5 Å². The monoisotopic (exact) mass is 363 g/mol. The van der Waals surface area contributed by atoms with Crippen molar-refractivity contribution >= 4 is 22.4 Å². The summed E-state index contributed by atoms with van der Waals surface area (Å²) in [6.45, 7) is 2.04. The Morgan fingerprint density at radius 1 is 1.40 bits per heavy atom. The topological polar surface area (TPSA) is 68.5 Å². The van der Waals surface area contributed by atoms with Crippen LogP contribution in [0.15, 0.2) is 29.6 Å². The van der Waals surface area contributed by atoms with Crippen LogP contribution in [0.3, 0.4) is 0 Å². The SMILES string of the molecule is Nc1nc(CCC(=O)N2CCCC(COc3ccc(F)cc3)C2)cs1. The maximum Gasteiger partial charge on any atom is 0.222 e. The van der Waals surface area contributed by atoms with Crippen molar-refractivity contribution < 1.29 is 13.9 Å². The molecule has 0 aliphatic carbocycles. The van der Waals surface area contributed by atoms with E-state index >= 15 is 0 Å². The zero-order valence-electron chi connectivity index (χ0n) is 14.0. The highest BCUT2D eigenvalue weighted by Crippen LogP contribution is 2.20. The number of nitrogens with zero attached hydrogens (tertiary/aromatic N) is 2. The molecule has 25 heavy (non-hydrogen) atoms. The third-order valence-electron chi connectivity index (χ3n) is 4.34. The maximum absolute atomic E-state index is 12.9. The molecule has 0 saturated carbocycles. The van der Waals surface area contributed by atoms with Gasteiger partial charge in [-0.25, -0.2) is 9.37 Å². The fraction of sp³-hybridized carbons (Fsp3) is 0.444. The number of nitrogen functional groups attached to an aromatic ring is 1. The van der Waals surface area contributed by atoms with Crippen molar-refractivity contribution in [2.75, 3.05) is 25.4 Å². The minimum absolute atomic E-state index is 0.151. The van der Waals surface area contributed by atoms with Crippen molar-refractivity contribution in [1.82, 2.24) is 9.88 Å². The second-order valence-corrected chi connectivity index (χ2v) is 7.18. The molecule has 5 nitrogen and oxygen atoms in total. The molecule has 2 aromatic rings. The van der Waals surface area contributed by atoms with E-state index in [9.17, 15) is 9.18 Å². The van der Waals surface area contributed by atoms with Gasteiger partial charge >= 0.3 is 0 Å². The predicted molar refractivity (Wildman–Crippen MR) is 96.0 cm³/mol. The van der Waals surface area contributed by atoms with E-state index in [-0.39, 0.29) is 11.7 Å². The van der Waals surface area contributed by atoms with Crippen molar-refractivity contribution in [2.24, 2.45) is 5.92 Å². The Morgan fingerprint density at radius 3 is 2.92 bits per heavy atom. The number of ether oxygens (including phenoxy) is 1. The highest BCUT2D eigenvalue weighted by atomic mass is 32.1. The molecule has 1 aliphatic rings. The number of benzene rings is 1. The van der Waals surface area contributed by atoms with Crippen LogP contribution >= 0.6 is 11.3 Å². The van der Waals surface area contributed by atoms with Gasteiger partial charge in [0.15, 0.2) is 5.13 Å². The lowest BCUT2D eigenvalue weighted by molar-refractivity contribution is -0.133. The van der Waals surface area contributed by atoms with Crippen LogP contribution in [0, 0.1) is 11.7 Å². The van der Waals surface area contributed by atoms with E-state index in [0.29, 0.717) is 42.8 Å². The molecule has 1 saturated heterocycles. The molecule has 3 rings (SSSR count). The van der Waals surface area contributed by atoms with Crippen molar-refractivity contribution in [3.63, 3.8) is 0 Å². The molecule has 0 spiro atoms. The van der Waals surface area contributed by atoms with Gasteiger partial charge in [0.2, 0.25) is 5.91 Å². The van der Waals surface area contributed by atoms with Crippen molar-refractivity contribution in [3.8, 4) is 5.75 Å². The van der Waals surface area contributed by atoms with E-state index in [2.05, 4.69) is 4.98 Å². The molecule has 1 aromatic carbocycles. The highest BCUT2D eigenvalue weighted by Gasteiger charge is 2.24. The zero-order valence-corrected chi connectivity index (χ0v) is 14.8. The average molecular weight is 363 g/mol. The fourth-order valence-corrected chi connectivity index (χ4v) is 3.60. The van der Waals surface area contributed by atoms with Crippen LogP contribution in [0.4, 0.5) is 9.52 Å². The lowest BCUT2D eigenvalue weighted by Gasteiger charge is -2.32. The van der Waals surface area contributed by atoms with Crippen LogP contribution in [0.1, 0.15) is 25.0 Å². The third-order valence-corrected chi connectivity index (χ3v) is 5.06. The lowest BCUT2D eigenvalue weighted by Crippen LogP contribution is -2.41. The summed E-state index contributed by atoms with van der Waals surface area (Å²) in [6.07, 6.45) is 3.09. The number of carbonyl (C=O) groups is 1. The van der Waals surface area contributed by atoms with Crippen LogP contribution in [-0.2, 0) is 11.2 Å². The molecule has 1 atom stereocenters. The first-order valence-corrected chi connectivity index (χ1v) is 9.34. The van der Waals surface area contributed by atoms with Gasteiger partial charge in [-0.1, -0.05) is 0 Å². The number of hydrogen-bond donors (Lipinski definition) is 1. The molecule has 1 aliphatic heterocycles. The number of carbonyl (C=O) groups excluding carboxylic acids is 1. The van der Waals surface area contributed by atoms with E-state index in [1.165, 1.54) is 23.5 Å². The molecule has 7 heteroatoms. The van der Waals surface area contributed by atoms with Gasteiger partial charge in [0.25, 0.3) is 0 Å². The molecule has 1 fully saturated rings. The Kier molecular flexibility index (Phi) is 5.86. The van der Waals surface area contributed by atoms with Crippen molar-refractivity contribution in [2.45, 2.75) is 25.7 Å². The molecule has 1 unspecified atom stereocenters. The number of hydrogen-bond acceptors (Lipinski definition) is 5. The van der Waals surface area contributed by atoms with Gasteiger partial charge in [-0.2, -0.15) is 0 Å². The van der Waals surface area contributed by atoms with E-state index in [1.54, 1.807) is 12.1 Å². The second kappa shape index (κ2) is 8.29. The van der Waals surface area contributed by atoms with E-state index in [0.717, 1.165) is 25.1 Å². The average Bonchev–Trinajstić information content (AvgIpc) is 3.05. The first-order valence-electron chi connectivity index (χ1n) is 8.46. The summed E-state index contributed by atoms with van der Waals surface area (Å²) in [5.74, 6) is 0.838. The molecule has 1 amide bonds. The Balaban J connectivity index is 1.45. The molecule has 0 radical (unpaired) electrons. The van der Waals surface area contributed by atoms with Gasteiger partial charge < -0.3 is 15.4 Å². The number of amides is 1. The number of likely N-dealkylation sites (tertiary alicyclic amines) is 1. The maximum atomic E-state index is 12.9. The number of halogens is 1. The standard InChI is InChI=1S/C18H22FN3O2S/c19-14-3-6-16(7-4-14)24-11-13-2-1-9-22(10-13)17(23)8-5-15-12-25-18(20)21-15/h3-4,6-7,12-13H,1-2,5,8-11H2,(H2,20,21). The highest BCUT2D eigenvalue weighted by molar-refractivity contribution is 7.13. The summed E-state index contributed by atoms with van der Waals surface area (Å²) in [5.41, 5.74) is 6.49. The zero-order chi connectivity index (χ0) is 17.6. The van der Waals surface area contributed by atoms with Crippen LogP contribution in [0.25, 0.3) is 0 Å². The van der Waals surface area contributed by atoms with Crippen molar-refractivity contribution in [3.05, 3.63) is 41.2 Å². The minimum Gasteiger partial charge on any atom is -0.493 e. The largest absolute Gasteiger partial charge is 0.493 e. The van der Waals surface area contributed by atoms with E-state index in [1.807, 2.05) is 10.3 Å². The molecule has 0 bridgehead atoms. The smallest absolute Gasteiger partial charge is 0.222 e. The van der Waals surface area contributed by atoms with Gasteiger partial charge in [-0.3, -0.25) is 4.79 Å². The first kappa shape index (κ1) is 17.7. The van der Waals surface area contributed by atoms with Gasteiger partial charge in [-0.05, 0) is 43.5 Å². The number of anilines is 1. The Labute approximate surface area is 150 Å². The summed E-state index contributed by atoms with van der Waals surface area (Å²) in [5, 5.41) is 2.44. The molecule has 2 N–H and O–H groups in total. The quantitative estimate of drug-likeness (QED) is 0.856. The fourth-order valence-electron chi connectivity index (χ4n) is 3.00. The van der Waals surface area contributed by atoms with Gasteiger partial charge in [0.05, 0.1) is 12.3 Å². The van der Waals surface area contributed by atoms with Gasteiger partial charge in [0, 0.05) is 30.8 Å². The number of thiazole rings is 1. The summed E-state index contributed by atoms with van der Waals surface area (Å²) < 4.78 is 18.6. The molecular formula is C18H22FN3O2S. The summed E-state index contributed by atoms with van der Waals surface area (Å²) in [7, 11) is 0. The number of piperidine rings is 1. The Bertz CT molecular complexity index is 705. The number of rotatable bonds is 6. The number of nitrogens with two attached hydrogens (primary N) is 1. The Hall–Kier alpha value is -2.15. The van der Waals surface area contributed by atoms with Crippen LogP contribution in [0.5, 0.6) is 5.75 Å². The summed E-state index contributed by atoms with van der Waals surface area (Å²) >= 11 is 1.40. The summed E-state index contributed by atoms with van der Waals surface area (Å²) in [6, 6.07) is 6.02. The van der Waals surface area contributed by atoms with Crippen LogP contribution < -0.4 is 10.5 Å². The molecule has 2 heterocycles. The normalized spacial score (nSPS) is 17.5. The van der Waals surface area contributed by atoms with E-state index in [4.69, 9.17) is 10.5 Å². The van der Waals surface area contributed by atoms with E-state index < -0.39 is 0 Å². The third kappa shape index (κ3) is 5.16. The number of aromatic nitrogens is 1.